The third kappa shape index (κ3) is 7.21. The molecule has 1 rings (SSSR count). The molecule has 1 unspecified atom stereocenters. The molecule has 1 amide bonds. The lowest BCUT2D eigenvalue weighted by molar-refractivity contribution is 0.0521. The summed E-state index contributed by atoms with van der Waals surface area (Å²) in [5.74, 6) is 0. The van der Waals surface area contributed by atoms with Crippen molar-refractivity contribution in [3.05, 3.63) is 0 Å². The standard InChI is InChI=1S/C13H26N2O2/c1-5-6-11(15-10-7-8-10)9-14-12(16)17-13(2,3)4/h10-11,15H,5-9H2,1-4H3,(H,14,16). The van der Waals surface area contributed by atoms with Crippen LogP contribution in [-0.4, -0.2) is 30.3 Å². The van der Waals surface area contributed by atoms with Gasteiger partial charge in [-0.05, 0) is 40.0 Å². The van der Waals surface area contributed by atoms with Crippen LogP contribution in [-0.2, 0) is 4.74 Å². The van der Waals surface area contributed by atoms with E-state index in [1.54, 1.807) is 0 Å². The first-order valence-corrected chi connectivity index (χ1v) is 6.63. The summed E-state index contributed by atoms with van der Waals surface area (Å²) in [4.78, 5) is 11.5. The van der Waals surface area contributed by atoms with Crippen LogP contribution < -0.4 is 10.6 Å². The number of carbonyl (C=O) groups excluding carboxylic acids is 1. The number of hydrogen-bond donors (Lipinski definition) is 2. The van der Waals surface area contributed by atoms with E-state index in [1.165, 1.54) is 12.8 Å². The minimum Gasteiger partial charge on any atom is -0.444 e. The van der Waals surface area contributed by atoms with Gasteiger partial charge in [0.1, 0.15) is 5.60 Å². The molecule has 100 valence electrons. The molecule has 0 radical (unpaired) electrons. The Morgan fingerprint density at radius 3 is 2.53 bits per heavy atom. The molecule has 0 heterocycles. The molecule has 0 saturated heterocycles. The zero-order chi connectivity index (χ0) is 12.9. The highest BCUT2D eigenvalue weighted by Crippen LogP contribution is 2.20. The van der Waals surface area contributed by atoms with Gasteiger partial charge in [-0.2, -0.15) is 0 Å². The number of hydrogen-bond acceptors (Lipinski definition) is 3. The van der Waals surface area contributed by atoms with Gasteiger partial charge in [0.2, 0.25) is 0 Å². The summed E-state index contributed by atoms with van der Waals surface area (Å²) in [5, 5.41) is 6.37. The Bertz CT molecular complexity index is 244. The summed E-state index contributed by atoms with van der Waals surface area (Å²) in [6.07, 6.45) is 4.43. The second-order valence-electron chi connectivity index (χ2n) is 5.81. The summed E-state index contributed by atoms with van der Waals surface area (Å²) >= 11 is 0. The number of amides is 1. The number of ether oxygens (including phenoxy) is 1. The van der Waals surface area contributed by atoms with Crippen molar-refractivity contribution in [1.82, 2.24) is 10.6 Å². The number of rotatable bonds is 6. The predicted octanol–water partition coefficient (Wildman–Crippen LogP) is 2.43. The molecule has 4 heteroatoms. The molecular formula is C13H26N2O2. The Labute approximate surface area is 104 Å². The summed E-state index contributed by atoms with van der Waals surface area (Å²) in [7, 11) is 0. The van der Waals surface area contributed by atoms with Crippen LogP contribution in [0.1, 0.15) is 53.4 Å². The van der Waals surface area contributed by atoms with Gasteiger partial charge >= 0.3 is 6.09 Å². The molecule has 0 aliphatic heterocycles. The molecule has 4 nitrogen and oxygen atoms in total. The van der Waals surface area contributed by atoms with Crippen LogP contribution in [0.25, 0.3) is 0 Å². The SMILES string of the molecule is CCCC(CNC(=O)OC(C)(C)C)NC1CC1. The lowest BCUT2D eigenvalue weighted by Crippen LogP contribution is -2.43. The summed E-state index contributed by atoms with van der Waals surface area (Å²) < 4.78 is 5.21. The van der Waals surface area contributed by atoms with E-state index in [0.717, 1.165) is 12.8 Å². The fraction of sp³-hybridized carbons (Fsp3) is 0.923. The first kappa shape index (κ1) is 14.3. The molecule has 2 N–H and O–H groups in total. The van der Waals surface area contributed by atoms with Gasteiger partial charge in [-0.25, -0.2) is 4.79 Å². The lowest BCUT2D eigenvalue weighted by Gasteiger charge is -2.22. The second-order valence-corrected chi connectivity index (χ2v) is 5.81. The van der Waals surface area contributed by atoms with Crippen molar-refractivity contribution in [2.75, 3.05) is 6.54 Å². The van der Waals surface area contributed by atoms with E-state index in [1.807, 2.05) is 20.8 Å². The van der Waals surface area contributed by atoms with Crippen molar-refractivity contribution in [2.45, 2.75) is 71.1 Å². The average molecular weight is 242 g/mol. The predicted molar refractivity (Wildman–Crippen MR) is 69.1 cm³/mol. The quantitative estimate of drug-likeness (QED) is 0.752. The first-order valence-electron chi connectivity index (χ1n) is 6.63. The summed E-state index contributed by atoms with van der Waals surface area (Å²) in [6.45, 7) is 8.43. The van der Waals surface area contributed by atoms with Crippen LogP contribution in [0.2, 0.25) is 0 Å². The van der Waals surface area contributed by atoms with Crippen LogP contribution in [0.3, 0.4) is 0 Å². The summed E-state index contributed by atoms with van der Waals surface area (Å²) in [6, 6.07) is 1.05. The van der Waals surface area contributed by atoms with Gasteiger partial charge < -0.3 is 15.4 Å². The smallest absolute Gasteiger partial charge is 0.407 e. The van der Waals surface area contributed by atoms with Gasteiger partial charge in [0, 0.05) is 18.6 Å². The normalized spacial score (nSPS) is 17.6. The maximum Gasteiger partial charge on any atom is 0.407 e. The molecule has 1 aliphatic rings. The molecule has 0 bridgehead atoms. The molecule has 1 aliphatic carbocycles. The molecule has 0 aromatic heterocycles. The number of carbonyl (C=O) groups is 1. The zero-order valence-electron chi connectivity index (χ0n) is 11.5. The maximum absolute atomic E-state index is 11.5. The molecule has 0 aromatic carbocycles. The molecule has 17 heavy (non-hydrogen) atoms. The minimum atomic E-state index is -0.422. The Balaban J connectivity index is 2.22. The largest absolute Gasteiger partial charge is 0.444 e. The number of nitrogens with one attached hydrogen (secondary N) is 2. The van der Waals surface area contributed by atoms with Gasteiger partial charge in [-0.3, -0.25) is 0 Å². The first-order chi connectivity index (χ1) is 7.90. The van der Waals surface area contributed by atoms with Gasteiger partial charge in [-0.1, -0.05) is 13.3 Å². The van der Waals surface area contributed by atoms with E-state index < -0.39 is 5.60 Å². The van der Waals surface area contributed by atoms with Crippen LogP contribution >= 0.6 is 0 Å². The van der Waals surface area contributed by atoms with Crippen molar-refractivity contribution in [3.8, 4) is 0 Å². The maximum atomic E-state index is 11.5. The van der Waals surface area contributed by atoms with Crippen LogP contribution in [0, 0.1) is 0 Å². The van der Waals surface area contributed by atoms with E-state index in [0.29, 0.717) is 18.6 Å². The lowest BCUT2D eigenvalue weighted by atomic mass is 10.1. The van der Waals surface area contributed by atoms with Gasteiger partial charge in [0.05, 0.1) is 0 Å². The van der Waals surface area contributed by atoms with E-state index in [4.69, 9.17) is 4.74 Å². The van der Waals surface area contributed by atoms with E-state index >= 15 is 0 Å². The molecular weight excluding hydrogens is 216 g/mol. The molecule has 1 atom stereocenters. The van der Waals surface area contributed by atoms with Crippen LogP contribution in [0.15, 0.2) is 0 Å². The Kier molecular flexibility index (Phi) is 5.25. The molecule has 1 saturated carbocycles. The van der Waals surface area contributed by atoms with Gasteiger partial charge in [0.15, 0.2) is 0 Å². The molecule has 1 fully saturated rings. The van der Waals surface area contributed by atoms with Crippen molar-refractivity contribution in [2.24, 2.45) is 0 Å². The van der Waals surface area contributed by atoms with Crippen LogP contribution in [0.5, 0.6) is 0 Å². The highest BCUT2D eigenvalue weighted by Gasteiger charge is 2.24. The Morgan fingerprint density at radius 1 is 1.41 bits per heavy atom. The second kappa shape index (κ2) is 6.24. The highest BCUT2D eigenvalue weighted by molar-refractivity contribution is 5.67. The zero-order valence-corrected chi connectivity index (χ0v) is 11.5. The topological polar surface area (TPSA) is 50.4 Å². The fourth-order valence-electron chi connectivity index (χ4n) is 1.70. The van der Waals surface area contributed by atoms with Gasteiger partial charge in [-0.15, -0.1) is 0 Å². The fourth-order valence-corrected chi connectivity index (χ4v) is 1.70. The molecule has 0 aromatic rings. The van der Waals surface area contributed by atoms with Crippen molar-refractivity contribution >= 4 is 6.09 Å². The third-order valence-corrected chi connectivity index (χ3v) is 2.58. The van der Waals surface area contributed by atoms with Crippen molar-refractivity contribution < 1.29 is 9.53 Å². The number of alkyl carbamates (subject to hydrolysis) is 1. The molecule has 0 spiro atoms. The third-order valence-electron chi connectivity index (χ3n) is 2.58. The van der Waals surface area contributed by atoms with E-state index in [-0.39, 0.29) is 6.09 Å². The van der Waals surface area contributed by atoms with Gasteiger partial charge in [0.25, 0.3) is 0 Å². The highest BCUT2D eigenvalue weighted by atomic mass is 16.6. The van der Waals surface area contributed by atoms with Crippen molar-refractivity contribution in [3.63, 3.8) is 0 Å². The van der Waals surface area contributed by atoms with E-state index in [9.17, 15) is 4.79 Å². The van der Waals surface area contributed by atoms with Crippen LogP contribution in [0.4, 0.5) is 4.79 Å². The monoisotopic (exact) mass is 242 g/mol. The van der Waals surface area contributed by atoms with Crippen molar-refractivity contribution in [1.29, 1.82) is 0 Å². The minimum absolute atomic E-state index is 0.323. The summed E-state index contributed by atoms with van der Waals surface area (Å²) in [5.41, 5.74) is -0.422. The van der Waals surface area contributed by atoms with E-state index in [2.05, 4.69) is 17.6 Å². The Hall–Kier alpha value is -0.770. The average Bonchev–Trinajstić information content (AvgIpc) is 2.95. The Morgan fingerprint density at radius 2 is 2.06 bits per heavy atom.